The summed E-state index contributed by atoms with van der Waals surface area (Å²) in [5.74, 6) is -5.89. The lowest BCUT2D eigenvalue weighted by molar-refractivity contribution is -0.274. The Morgan fingerprint density at radius 2 is 1.32 bits per heavy atom. The molecule has 0 aromatic heterocycles. The van der Waals surface area contributed by atoms with Crippen molar-refractivity contribution in [2.45, 2.75) is 6.36 Å². The molecule has 0 unspecified atom stereocenters. The summed E-state index contributed by atoms with van der Waals surface area (Å²) in [5.41, 5.74) is -0.156. The highest BCUT2D eigenvalue weighted by atomic mass is 19.4. The molecule has 1 fully saturated rings. The fourth-order valence-electron chi connectivity index (χ4n) is 3.26. The lowest BCUT2D eigenvalue weighted by Gasteiger charge is -2.33. The van der Waals surface area contributed by atoms with Gasteiger partial charge in [0.25, 0.3) is 0 Å². The van der Waals surface area contributed by atoms with Crippen molar-refractivity contribution >= 4 is 23.2 Å². The van der Waals surface area contributed by atoms with E-state index in [0.717, 1.165) is 18.2 Å². The lowest BCUT2D eigenvalue weighted by atomic mass is 10.2. The number of benzene rings is 2. The Balaban J connectivity index is 1.40. The number of nitrogens with zero attached hydrogens (tertiary/aromatic N) is 2. The molecular weight excluding hydrogens is 470 g/mol. The fraction of sp³-hybridized carbons (Fsp3) is 0.333. The van der Waals surface area contributed by atoms with Crippen LogP contribution in [0.15, 0.2) is 36.4 Å². The molecule has 2 aromatic carbocycles. The summed E-state index contributed by atoms with van der Waals surface area (Å²) in [6.45, 7) is 1.65. The smallest absolute Gasteiger partial charge is 0.406 e. The number of ether oxygens (including phenoxy) is 1. The number of rotatable bonds is 7. The Morgan fingerprint density at radius 1 is 0.794 bits per heavy atom. The number of hydrogen-bond donors (Lipinski definition) is 2. The molecule has 34 heavy (non-hydrogen) atoms. The molecule has 0 spiro atoms. The minimum Gasteiger partial charge on any atom is -0.406 e. The van der Waals surface area contributed by atoms with E-state index in [-0.39, 0.29) is 19.0 Å². The van der Waals surface area contributed by atoms with Gasteiger partial charge in [0.1, 0.15) is 5.75 Å². The summed E-state index contributed by atoms with van der Waals surface area (Å²) in [7, 11) is 0. The Hall–Kier alpha value is -3.32. The summed E-state index contributed by atoms with van der Waals surface area (Å²) in [5, 5.41) is 4.78. The third-order valence-electron chi connectivity index (χ3n) is 4.88. The van der Waals surface area contributed by atoms with Crippen LogP contribution in [0.25, 0.3) is 0 Å². The molecule has 2 aromatic rings. The topological polar surface area (TPSA) is 73.9 Å². The summed E-state index contributed by atoms with van der Waals surface area (Å²) in [6.07, 6.45) is -4.80. The van der Waals surface area contributed by atoms with E-state index in [1.54, 1.807) is 4.90 Å². The Bertz CT molecular complexity index is 1020. The molecule has 0 radical (unpaired) electrons. The van der Waals surface area contributed by atoms with Crippen LogP contribution in [0, 0.1) is 17.5 Å². The number of piperazine rings is 1. The van der Waals surface area contributed by atoms with Crippen LogP contribution in [0.5, 0.6) is 5.75 Å². The molecule has 0 bridgehead atoms. The number of hydrogen-bond acceptors (Lipinski definition) is 5. The Kier molecular flexibility index (Phi) is 7.99. The van der Waals surface area contributed by atoms with Crippen LogP contribution in [0.4, 0.5) is 37.7 Å². The molecule has 0 aliphatic carbocycles. The Labute approximate surface area is 190 Å². The Morgan fingerprint density at radius 3 is 1.85 bits per heavy atom. The first kappa shape index (κ1) is 25.3. The molecule has 0 atom stereocenters. The van der Waals surface area contributed by atoms with Crippen LogP contribution in [0.2, 0.25) is 0 Å². The van der Waals surface area contributed by atoms with E-state index in [4.69, 9.17) is 0 Å². The highest BCUT2D eigenvalue weighted by Crippen LogP contribution is 2.24. The third kappa shape index (κ3) is 7.35. The van der Waals surface area contributed by atoms with Gasteiger partial charge in [-0.15, -0.1) is 13.2 Å². The van der Waals surface area contributed by atoms with Crippen LogP contribution in [0.3, 0.4) is 0 Å². The quantitative estimate of drug-likeness (QED) is 0.461. The molecule has 184 valence electrons. The maximum atomic E-state index is 13.7. The van der Waals surface area contributed by atoms with Gasteiger partial charge in [0.15, 0.2) is 17.5 Å². The van der Waals surface area contributed by atoms with Crippen LogP contribution in [-0.4, -0.2) is 67.2 Å². The van der Waals surface area contributed by atoms with Gasteiger partial charge in [-0.2, -0.15) is 0 Å². The molecule has 1 saturated heterocycles. The van der Waals surface area contributed by atoms with Crippen molar-refractivity contribution in [3.05, 3.63) is 53.8 Å². The van der Waals surface area contributed by atoms with Crippen molar-refractivity contribution < 1.29 is 40.7 Å². The summed E-state index contributed by atoms with van der Waals surface area (Å²) in [6, 6.07) is 6.37. The average molecular weight is 490 g/mol. The molecule has 1 heterocycles. The number of halogens is 6. The van der Waals surface area contributed by atoms with Crippen LogP contribution in [-0.2, 0) is 9.59 Å². The van der Waals surface area contributed by atoms with Gasteiger partial charge in [0, 0.05) is 31.9 Å². The highest BCUT2D eigenvalue weighted by molar-refractivity contribution is 5.93. The minimum atomic E-state index is -4.80. The molecule has 2 amide bonds. The summed E-state index contributed by atoms with van der Waals surface area (Å²) < 4.78 is 80.2. The van der Waals surface area contributed by atoms with Gasteiger partial charge < -0.3 is 15.4 Å². The largest absolute Gasteiger partial charge is 0.573 e. The maximum Gasteiger partial charge on any atom is 0.573 e. The number of carbonyl (C=O) groups excluding carboxylic acids is 2. The lowest BCUT2D eigenvalue weighted by Crippen LogP contribution is -2.50. The second-order valence-corrected chi connectivity index (χ2v) is 7.44. The van der Waals surface area contributed by atoms with Gasteiger partial charge in [0.05, 0.1) is 18.8 Å². The zero-order valence-electron chi connectivity index (χ0n) is 17.6. The van der Waals surface area contributed by atoms with E-state index < -0.39 is 41.2 Å². The maximum absolute atomic E-state index is 13.7. The third-order valence-corrected chi connectivity index (χ3v) is 4.88. The molecule has 2 N–H and O–H groups in total. The van der Waals surface area contributed by atoms with E-state index >= 15 is 0 Å². The van der Waals surface area contributed by atoms with Crippen molar-refractivity contribution in [1.82, 2.24) is 9.80 Å². The molecule has 1 aliphatic rings. The van der Waals surface area contributed by atoms with E-state index in [9.17, 15) is 35.9 Å². The standard InChI is InChI=1S/C21H20F6N4O3/c22-15-5-6-16(20(24)19(15)23)29-18(33)12-31-9-7-30(8-10-31)11-17(32)28-13-1-3-14(4-2-13)34-21(25,26)27/h1-6H,7-12H2,(H,28,32)(H,29,33). The number of anilines is 2. The van der Waals surface area contributed by atoms with Gasteiger partial charge in [0.2, 0.25) is 11.8 Å². The van der Waals surface area contributed by atoms with Gasteiger partial charge in [-0.1, -0.05) is 0 Å². The van der Waals surface area contributed by atoms with E-state index in [0.29, 0.717) is 37.9 Å². The molecule has 3 rings (SSSR count). The molecule has 7 nitrogen and oxygen atoms in total. The van der Waals surface area contributed by atoms with E-state index in [1.807, 2.05) is 4.90 Å². The second-order valence-electron chi connectivity index (χ2n) is 7.44. The van der Waals surface area contributed by atoms with Crippen molar-refractivity contribution in [3.63, 3.8) is 0 Å². The second kappa shape index (κ2) is 10.7. The normalized spacial score (nSPS) is 15.1. The molecule has 0 saturated carbocycles. The predicted octanol–water partition coefficient (Wildman–Crippen LogP) is 3.20. The molecule has 1 aliphatic heterocycles. The summed E-state index contributed by atoms with van der Waals surface area (Å²) >= 11 is 0. The first-order chi connectivity index (χ1) is 16.0. The van der Waals surface area contributed by atoms with Crippen LogP contribution >= 0.6 is 0 Å². The number of nitrogens with one attached hydrogen (secondary N) is 2. The number of alkyl halides is 3. The van der Waals surface area contributed by atoms with E-state index in [2.05, 4.69) is 15.4 Å². The van der Waals surface area contributed by atoms with Crippen molar-refractivity contribution in [2.24, 2.45) is 0 Å². The predicted molar refractivity (Wildman–Crippen MR) is 110 cm³/mol. The van der Waals surface area contributed by atoms with Gasteiger partial charge in [-0.05, 0) is 36.4 Å². The average Bonchev–Trinajstić information content (AvgIpc) is 2.76. The highest BCUT2D eigenvalue weighted by Gasteiger charge is 2.31. The number of amides is 2. The zero-order chi connectivity index (χ0) is 24.9. The van der Waals surface area contributed by atoms with E-state index in [1.165, 1.54) is 12.1 Å². The first-order valence-corrected chi connectivity index (χ1v) is 10.0. The monoisotopic (exact) mass is 490 g/mol. The van der Waals surface area contributed by atoms with Crippen molar-refractivity contribution in [2.75, 3.05) is 49.9 Å². The summed E-state index contributed by atoms with van der Waals surface area (Å²) in [4.78, 5) is 27.9. The SMILES string of the molecule is O=C(CN1CCN(CC(=O)Nc2ccc(F)c(F)c2F)CC1)Nc1ccc(OC(F)(F)F)cc1. The van der Waals surface area contributed by atoms with Gasteiger partial charge in [-0.3, -0.25) is 19.4 Å². The van der Waals surface area contributed by atoms with Crippen LogP contribution in [0.1, 0.15) is 0 Å². The van der Waals surface area contributed by atoms with Crippen molar-refractivity contribution in [1.29, 1.82) is 0 Å². The van der Waals surface area contributed by atoms with Gasteiger partial charge in [-0.25, -0.2) is 13.2 Å². The fourth-order valence-corrected chi connectivity index (χ4v) is 3.26. The van der Waals surface area contributed by atoms with Gasteiger partial charge >= 0.3 is 6.36 Å². The molecular formula is C21H20F6N4O3. The first-order valence-electron chi connectivity index (χ1n) is 10.0. The minimum absolute atomic E-state index is 0.0287. The molecule has 13 heteroatoms. The van der Waals surface area contributed by atoms with Crippen LogP contribution < -0.4 is 15.4 Å². The number of carbonyl (C=O) groups is 2. The van der Waals surface area contributed by atoms with Crippen molar-refractivity contribution in [3.8, 4) is 5.75 Å². The zero-order valence-corrected chi connectivity index (χ0v) is 17.6.